The summed E-state index contributed by atoms with van der Waals surface area (Å²) in [5.41, 5.74) is 1.76. The van der Waals surface area contributed by atoms with Crippen molar-refractivity contribution in [3.8, 4) is 5.75 Å². The number of fused-ring (bicyclic) bond motifs is 3. The van der Waals surface area contributed by atoms with Gasteiger partial charge in [-0.2, -0.15) is 0 Å². The maximum absolute atomic E-state index is 13.2. The van der Waals surface area contributed by atoms with Crippen LogP contribution >= 0.6 is 23.1 Å². The molecule has 0 bridgehead atoms. The molecule has 2 aromatic heterocycles. The van der Waals surface area contributed by atoms with E-state index in [1.54, 1.807) is 54.4 Å². The number of ketones is 1. The Morgan fingerprint density at radius 3 is 2.76 bits per heavy atom. The molecule has 1 aliphatic rings. The van der Waals surface area contributed by atoms with Crippen LogP contribution in [0.4, 0.5) is 0 Å². The highest BCUT2D eigenvalue weighted by atomic mass is 32.2. The van der Waals surface area contributed by atoms with E-state index in [2.05, 4.69) is 0 Å². The minimum absolute atomic E-state index is 0.0148. The Morgan fingerprint density at radius 2 is 2.03 bits per heavy atom. The van der Waals surface area contributed by atoms with Crippen molar-refractivity contribution >= 4 is 39.1 Å². The van der Waals surface area contributed by atoms with Crippen LogP contribution in [0.15, 0.2) is 34.2 Å². The van der Waals surface area contributed by atoms with E-state index in [1.165, 1.54) is 22.2 Å². The molecule has 8 heteroatoms. The first kappa shape index (κ1) is 20.1. The number of carbonyl (C=O) groups excluding carboxylic acids is 1. The van der Waals surface area contributed by atoms with Crippen molar-refractivity contribution < 1.29 is 14.3 Å². The molecular formula is C21H22N2O4S2. The fraction of sp³-hybridized carbons (Fsp3) is 0.381. The molecule has 0 unspecified atom stereocenters. The fourth-order valence-electron chi connectivity index (χ4n) is 3.54. The van der Waals surface area contributed by atoms with Crippen LogP contribution in [-0.2, 0) is 24.1 Å². The Balaban J connectivity index is 1.63. The molecule has 6 nitrogen and oxygen atoms in total. The molecule has 0 N–H and O–H groups in total. The monoisotopic (exact) mass is 430 g/mol. The Labute approximate surface area is 176 Å². The van der Waals surface area contributed by atoms with Crippen molar-refractivity contribution in [3.05, 3.63) is 50.6 Å². The van der Waals surface area contributed by atoms with Crippen LogP contribution in [0.1, 0.15) is 27.2 Å². The Bertz CT molecular complexity index is 1100. The largest absolute Gasteiger partial charge is 0.497 e. The summed E-state index contributed by atoms with van der Waals surface area (Å²) in [5, 5.41) is 1.32. The molecule has 1 aliphatic carbocycles. The van der Waals surface area contributed by atoms with Gasteiger partial charge in [0.1, 0.15) is 10.6 Å². The molecule has 0 saturated heterocycles. The highest BCUT2D eigenvalue weighted by Crippen LogP contribution is 2.35. The van der Waals surface area contributed by atoms with Gasteiger partial charge in [0.05, 0.1) is 31.4 Å². The van der Waals surface area contributed by atoms with E-state index in [9.17, 15) is 9.59 Å². The van der Waals surface area contributed by atoms with Crippen molar-refractivity contribution in [1.82, 2.24) is 9.55 Å². The summed E-state index contributed by atoms with van der Waals surface area (Å²) < 4.78 is 12.0. The molecule has 3 aromatic rings. The van der Waals surface area contributed by atoms with Crippen LogP contribution in [-0.4, -0.2) is 41.9 Å². The van der Waals surface area contributed by atoms with Gasteiger partial charge in [-0.3, -0.25) is 14.2 Å². The van der Waals surface area contributed by atoms with Crippen LogP contribution < -0.4 is 10.3 Å². The molecule has 0 saturated carbocycles. The molecule has 29 heavy (non-hydrogen) atoms. The predicted molar refractivity (Wildman–Crippen MR) is 116 cm³/mol. The Hall–Kier alpha value is -2.16. The van der Waals surface area contributed by atoms with Gasteiger partial charge in [-0.1, -0.05) is 11.8 Å². The molecule has 4 rings (SSSR count). The van der Waals surface area contributed by atoms with E-state index >= 15 is 0 Å². The van der Waals surface area contributed by atoms with E-state index in [0.717, 1.165) is 29.5 Å². The van der Waals surface area contributed by atoms with E-state index in [0.29, 0.717) is 29.6 Å². The number of nitrogens with zero attached hydrogens (tertiary/aromatic N) is 2. The lowest BCUT2D eigenvalue weighted by molar-refractivity contribution is 0.102. The van der Waals surface area contributed by atoms with Gasteiger partial charge in [-0.25, -0.2) is 4.98 Å². The summed E-state index contributed by atoms with van der Waals surface area (Å²) in [6.07, 6.45) is 3.06. The summed E-state index contributed by atoms with van der Waals surface area (Å²) in [5.74, 6) is 0.905. The zero-order valence-corrected chi connectivity index (χ0v) is 18.0. The quantitative estimate of drug-likeness (QED) is 0.309. The zero-order valence-electron chi connectivity index (χ0n) is 16.4. The van der Waals surface area contributed by atoms with Gasteiger partial charge in [0.2, 0.25) is 0 Å². The van der Waals surface area contributed by atoms with E-state index in [1.807, 2.05) is 0 Å². The molecule has 152 valence electrons. The van der Waals surface area contributed by atoms with Crippen molar-refractivity contribution in [2.75, 3.05) is 26.6 Å². The number of hydrogen-bond acceptors (Lipinski definition) is 7. The Morgan fingerprint density at radius 1 is 1.24 bits per heavy atom. The first-order chi connectivity index (χ1) is 14.1. The second kappa shape index (κ2) is 8.69. The average molecular weight is 431 g/mol. The number of benzene rings is 1. The number of carbonyl (C=O) groups is 1. The third-order valence-corrected chi connectivity index (χ3v) is 7.22. The lowest BCUT2D eigenvalue weighted by atomic mass is 10.1. The normalized spacial score (nSPS) is 13.0. The minimum atomic E-state index is -0.0224. The molecule has 0 fully saturated rings. The first-order valence-corrected chi connectivity index (χ1v) is 11.3. The van der Waals surface area contributed by atoms with Gasteiger partial charge >= 0.3 is 0 Å². The van der Waals surface area contributed by atoms with Crippen molar-refractivity contribution in [2.45, 2.75) is 31.0 Å². The second-order valence-electron chi connectivity index (χ2n) is 6.82. The van der Waals surface area contributed by atoms with Gasteiger partial charge in [-0.15, -0.1) is 11.3 Å². The smallest absolute Gasteiger partial charge is 0.263 e. The van der Waals surface area contributed by atoms with Gasteiger partial charge < -0.3 is 9.47 Å². The summed E-state index contributed by atoms with van der Waals surface area (Å²) in [7, 11) is 3.20. The van der Waals surface area contributed by atoms with E-state index in [4.69, 9.17) is 14.5 Å². The number of aryl methyl sites for hydroxylation is 2. The zero-order chi connectivity index (χ0) is 20.4. The van der Waals surface area contributed by atoms with Gasteiger partial charge in [0, 0.05) is 17.6 Å². The lowest BCUT2D eigenvalue weighted by Crippen LogP contribution is -2.25. The Kier molecular flexibility index (Phi) is 6.03. The van der Waals surface area contributed by atoms with Crippen LogP contribution in [0.2, 0.25) is 0 Å². The average Bonchev–Trinajstić information content (AvgIpc) is 3.32. The van der Waals surface area contributed by atoms with Gasteiger partial charge in [-0.05, 0) is 49.1 Å². The van der Waals surface area contributed by atoms with Crippen molar-refractivity contribution in [1.29, 1.82) is 0 Å². The number of hydrogen-bond donors (Lipinski definition) is 0. The third-order valence-electron chi connectivity index (χ3n) is 5.05. The molecule has 1 aromatic carbocycles. The highest BCUT2D eigenvalue weighted by Gasteiger charge is 2.23. The number of Topliss-reactive ketones (excluding diaryl/α,β-unsaturated/α-hetero) is 1. The van der Waals surface area contributed by atoms with Crippen LogP contribution in [0.25, 0.3) is 10.2 Å². The number of methoxy groups -OCH3 is 2. The molecule has 0 amide bonds. The van der Waals surface area contributed by atoms with E-state index in [-0.39, 0.29) is 17.1 Å². The maximum Gasteiger partial charge on any atom is 0.263 e. The van der Waals surface area contributed by atoms with Crippen molar-refractivity contribution in [3.63, 3.8) is 0 Å². The fourth-order valence-corrected chi connectivity index (χ4v) is 5.76. The topological polar surface area (TPSA) is 70.4 Å². The SMILES string of the molecule is COCCn1c(SCC(=O)c2ccc(OC)cc2)nc2sc3c(c2c1=O)CCC3. The van der Waals surface area contributed by atoms with Gasteiger partial charge in [0.25, 0.3) is 5.56 Å². The molecule has 0 atom stereocenters. The minimum Gasteiger partial charge on any atom is -0.497 e. The summed E-state index contributed by atoms with van der Waals surface area (Å²) >= 11 is 2.92. The molecular weight excluding hydrogens is 408 g/mol. The molecule has 0 spiro atoms. The first-order valence-electron chi connectivity index (χ1n) is 9.46. The lowest BCUT2D eigenvalue weighted by Gasteiger charge is -2.12. The van der Waals surface area contributed by atoms with Crippen molar-refractivity contribution in [2.24, 2.45) is 0 Å². The standard InChI is InChI=1S/C21H22N2O4S2/c1-26-11-10-23-20(25)18-15-4-3-5-17(15)29-19(18)22-21(23)28-12-16(24)13-6-8-14(27-2)9-7-13/h6-9H,3-5,10-12H2,1-2H3. The summed E-state index contributed by atoms with van der Waals surface area (Å²) in [6, 6.07) is 7.04. The van der Waals surface area contributed by atoms with Crippen LogP contribution in [0.5, 0.6) is 5.75 Å². The number of ether oxygens (including phenoxy) is 2. The van der Waals surface area contributed by atoms with Gasteiger partial charge in [0.15, 0.2) is 10.9 Å². The maximum atomic E-state index is 13.2. The predicted octanol–water partition coefficient (Wildman–Crippen LogP) is 3.58. The summed E-state index contributed by atoms with van der Waals surface area (Å²) in [6.45, 7) is 0.835. The summed E-state index contributed by atoms with van der Waals surface area (Å²) in [4.78, 5) is 32.7. The molecule has 0 radical (unpaired) electrons. The number of thioether (sulfide) groups is 1. The molecule has 2 heterocycles. The van der Waals surface area contributed by atoms with E-state index < -0.39 is 0 Å². The molecule has 0 aliphatic heterocycles. The van der Waals surface area contributed by atoms with Crippen LogP contribution in [0, 0.1) is 0 Å². The highest BCUT2D eigenvalue weighted by molar-refractivity contribution is 7.99. The third kappa shape index (κ3) is 3.97. The number of thiophene rings is 1. The number of rotatable bonds is 8. The van der Waals surface area contributed by atoms with Crippen LogP contribution in [0.3, 0.4) is 0 Å². The number of aromatic nitrogens is 2. The second-order valence-corrected chi connectivity index (χ2v) is 8.85.